The molecule has 0 saturated heterocycles. The normalized spacial score (nSPS) is 9.83. The third kappa shape index (κ3) is 8.05. The fourth-order valence-electron chi connectivity index (χ4n) is 0.954. The van der Waals surface area contributed by atoms with Gasteiger partial charge < -0.3 is 5.32 Å². The molecule has 0 aliphatic rings. The van der Waals surface area contributed by atoms with Crippen LogP contribution < -0.4 is 5.32 Å². The SMILES string of the molecule is CCCCCCNC(=O)CCBr. The molecule has 0 aliphatic carbocycles. The number of hydrogen-bond donors (Lipinski definition) is 1. The fraction of sp³-hybridized carbons (Fsp3) is 0.889. The molecule has 0 saturated carbocycles. The van der Waals surface area contributed by atoms with E-state index < -0.39 is 0 Å². The molecule has 0 aliphatic heterocycles. The zero-order valence-corrected chi connectivity index (χ0v) is 9.32. The van der Waals surface area contributed by atoms with Gasteiger partial charge >= 0.3 is 0 Å². The molecule has 0 atom stereocenters. The second kappa shape index (κ2) is 9.04. The van der Waals surface area contributed by atoms with Gasteiger partial charge in [0.15, 0.2) is 0 Å². The first-order chi connectivity index (χ1) is 5.81. The standard InChI is InChI=1S/C9H18BrNO/c1-2-3-4-5-8-11-9(12)6-7-10/h2-8H2,1H3,(H,11,12). The number of halogens is 1. The molecular formula is C9H18BrNO. The molecule has 0 heterocycles. The molecule has 1 amide bonds. The summed E-state index contributed by atoms with van der Waals surface area (Å²) in [5, 5.41) is 3.63. The Morgan fingerprint density at radius 3 is 2.67 bits per heavy atom. The fourth-order valence-corrected chi connectivity index (χ4v) is 1.31. The van der Waals surface area contributed by atoms with Crippen molar-refractivity contribution in [1.29, 1.82) is 0 Å². The van der Waals surface area contributed by atoms with E-state index >= 15 is 0 Å². The average Bonchev–Trinajstić information content (AvgIpc) is 2.05. The number of hydrogen-bond acceptors (Lipinski definition) is 1. The van der Waals surface area contributed by atoms with Crippen molar-refractivity contribution in [2.75, 3.05) is 11.9 Å². The van der Waals surface area contributed by atoms with Crippen LogP contribution >= 0.6 is 15.9 Å². The van der Waals surface area contributed by atoms with E-state index in [1.54, 1.807) is 0 Å². The topological polar surface area (TPSA) is 29.1 Å². The van der Waals surface area contributed by atoms with Crippen LogP contribution in [0.2, 0.25) is 0 Å². The molecule has 72 valence electrons. The zero-order chi connectivity index (χ0) is 9.23. The van der Waals surface area contributed by atoms with E-state index in [1.807, 2.05) is 0 Å². The highest BCUT2D eigenvalue weighted by atomic mass is 79.9. The molecule has 0 radical (unpaired) electrons. The minimum atomic E-state index is 0.156. The third-order valence-corrected chi connectivity index (χ3v) is 2.07. The smallest absolute Gasteiger partial charge is 0.220 e. The summed E-state index contributed by atoms with van der Waals surface area (Å²) in [5.41, 5.74) is 0. The van der Waals surface area contributed by atoms with Crippen molar-refractivity contribution in [3.63, 3.8) is 0 Å². The summed E-state index contributed by atoms with van der Waals surface area (Å²) >= 11 is 3.22. The Balaban J connectivity index is 3.03. The van der Waals surface area contributed by atoms with Crippen molar-refractivity contribution < 1.29 is 4.79 Å². The molecular weight excluding hydrogens is 218 g/mol. The van der Waals surface area contributed by atoms with Gasteiger partial charge in [0.1, 0.15) is 0 Å². The van der Waals surface area contributed by atoms with Crippen LogP contribution in [0, 0.1) is 0 Å². The van der Waals surface area contributed by atoms with Crippen molar-refractivity contribution in [2.45, 2.75) is 39.0 Å². The van der Waals surface area contributed by atoms with Gasteiger partial charge in [0, 0.05) is 18.3 Å². The molecule has 0 aromatic rings. The van der Waals surface area contributed by atoms with Crippen LogP contribution in [-0.4, -0.2) is 17.8 Å². The van der Waals surface area contributed by atoms with Crippen molar-refractivity contribution in [3.05, 3.63) is 0 Å². The molecule has 0 spiro atoms. The molecule has 3 heteroatoms. The van der Waals surface area contributed by atoms with E-state index in [0.29, 0.717) is 6.42 Å². The second-order valence-electron chi connectivity index (χ2n) is 2.85. The molecule has 0 aromatic carbocycles. The summed E-state index contributed by atoms with van der Waals surface area (Å²) in [6.07, 6.45) is 5.45. The summed E-state index contributed by atoms with van der Waals surface area (Å²) < 4.78 is 0. The minimum absolute atomic E-state index is 0.156. The first-order valence-corrected chi connectivity index (χ1v) is 5.76. The quantitative estimate of drug-likeness (QED) is 0.534. The maximum atomic E-state index is 10.9. The van der Waals surface area contributed by atoms with Crippen molar-refractivity contribution in [1.82, 2.24) is 5.32 Å². The van der Waals surface area contributed by atoms with Gasteiger partial charge in [-0.15, -0.1) is 0 Å². The Hall–Kier alpha value is -0.0500. The number of amides is 1. The minimum Gasteiger partial charge on any atom is -0.356 e. The van der Waals surface area contributed by atoms with Gasteiger partial charge in [0.05, 0.1) is 0 Å². The lowest BCUT2D eigenvalue weighted by Crippen LogP contribution is -2.24. The van der Waals surface area contributed by atoms with Gasteiger partial charge in [-0.05, 0) is 6.42 Å². The summed E-state index contributed by atoms with van der Waals surface area (Å²) in [7, 11) is 0. The first-order valence-electron chi connectivity index (χ1n) is 4.64. The molecule has 0 unspecified atom stereocenters. The van der Waals surface area contributed by atoms with Crippen molar-refractivity contribution in [3.8, 4) is 0 Å². The molecule has 2 nitrogen and oxygen atoms in total. The number of rotatable bonds is 7. The molecule has 0 aromatic heterocycles. The van der Waals surface area contributed by atoms with E-state index in [4.69, 9.17) is 0 Å². The lowest BCUT2D eigenvalue weighted by molar-refractivity contribution is -0.120. The number of carbonyl (C=O) groups excluding carboxylic acids is 1. The highest BCUT2D eigenvalue weighted by Gasteiger charge is 1.96. The van der Waals surface area contributed by atoms with E-state index in [9.17, 15) is 4.79 Å². The Morgan fingerprint density at radius 1 is 1.33 bits per heavy atom. The van der Waals surface area contributed by atoms with E-state index in [0.717, 1.165) is 18.3 Å². The maximum absolute atomic E-state index is 10.9. The van der Waals surface area contributed by atoms with Gasteiger partial charge in [-0.2, -0.15) is 0 Å². The Morgan fingerprint density at radius 2 is 2.08 bits per heavy atom. The molecule has 0 rings (SSSR count). The molecule has 0 fully saturated rings. The average molecular weight is 236 g/mol. The maximum Gasteiger partial charge on any atom is 0.220 e. The highest BCUT2D eigenvalue weighted by Crippen LogP contribution is 1.97. The lowest BCUT2D eigenvalue weighted by atomic mass is 10.2. The van der Waals surface area contributed by atoms with E-state index in [1.165, 1.54) is 19.3 Å². The van der Waals surface area contributed by atoms with Crippen molar-refractivity contribution in [2.24, 2.45) is 0 Å². The van der Waals surface area contributed by atoms with Crippen LogP contribution in [0.15, 0.2) is 0 Å². The summed E-state index contributed by atoms with van der Waals surface area (Å²) in [6, 6.07) is 0. The van der Waals surface area contributed by atoms with Gasteiger partial charge in [-0.25, -0.2) is 0 Å². The van der Waals surface area contributed by atoms with Crippen LogP contribution in [0.5, 0.6) is 0 Å². The van der Waals surface area contributed by atoms with Crippen LogP contribution in [-0.2, 0) is 4.79 Å². The van der Waals surface area contributed by atoms with Crippen LogP contribution in [0.3, 0.4) is 0 Å². The largest absolute Gasteiger partial charge is 0.356 e. The van der Waals surface area contributed by atoms with Gasteiger partial charge in [0.25, 0.3) is 0 Å². The van der Waals surface area contributed by atoms with Crippen LogP contribution in [0.25, 0.3) is 0 Å². The van der Waals surface area contributed by atoms with E-state index in [2.05, 4.69) is 28.2 Å². The lowest BCUT2D eigenvalue weighted by Gasteiger charge is -2.02. The predicted octanol–water partition coefficient (Wildman–Crippen LogP) is 2.47. The predicted molar refractivity (Wildman–Crippen MR) is 55.6 cm³/mol. The summed E-state index contributed by atoms with van der Waals surface area (Å²) in [6.45, 7) is 3.02. The monoisotopic (exact) mass is 235 g/mol. The number of nitrogens with one attached hydrogen (secondary N) is 1. The van der Waals surface area contributed by atoms with Crippen LogP contribution in [0.1, 0.15) is 39.0 Å². The Kier molecular flexibility index (Phi) is 9.00. The summed E-state index contributed by atoms with van der Waals surface area (Å²) in [4.78, 5) is 10.9. The van der Waals surface area contributed by atoms with Crippen molar-refractivity contribution >= 4 is 21.8 Å². The first kappa shape index (κ1) is 11.9. The zero-order valence-electron chi connectivity index (χ0n) is 7.74. The van der Waals surface area contributed by atoms with Gasteiger partial charge in [-0.3, -0.25) is 4.79 Å². The number of carbonyl (C=O) groups is 1. The van der Waals surface area contributed by atoms with Gasteiger partial charge in [-0.1, -0.05) is 42.1 Å². The Bertz CT molecular complexity index is 117. The third-order valence-electron chi connectivity index (χ3n) is 1.67. The van der Waals surface area contributed by atoms with E-state index in [-0.39, 0.29) is 5.91 Å². The number of unbranched alkanes of at least 4 members (excludes halogenated alkanes) is 3. The van der Waals surface area contributed by atoms with Gasteiger partial charge in [0.2, 0.25) is 5.91 Å². The molecule has 12 heavy (non-hydrogen) atoms. The summed E-state index contributed by atoms with van der Waals surface area (Å²) in [5.74, 6) is 0.156. The molecule has 0 bridgehead atoms. The molecule has 1 N–H and O–H groups in total. The second-order valence-corrected chi connectivity index (χ2v) is 3.64. The number of alkyl halides is 1. The van der Waals surface area contributed by atoms with Crippen LogP contribution in [0.4, 0.5) is 0 Å². The Labute approximate surface area is 83.2 Å². The highest BCUT2D eigenvalue weighted by molar-refractivity contribution is 9.09.